The molecular formula is C23H21N3O5S. The van der Waals surface area contributed by atoms with Crippen LogP contribution < -0.4 is 11.2 Å². The Labute approximate surface area is 186 Å². The van der Waals surface area contributed by atoms with Crippen molar-refractivity contribution in [1.29, 1.82) is 0 Å². The van der Waals surface area contributed by atoms with Crippen molar-refractivity contribution in [2.45, 2.75) is 26.9 Å². The molecular weight excluding hydrogens is 430 g/mol. The zero-order valence-electron chi connectivity index (χ0n) is 17.6. The van der Waals surface area contributed by atoms with Gasteiger partial charge in [-0.25, -0.2) is 4.79 Å². The summed E-state index contributed by atoms with van der Waals surface area (Å²) in [5.41, 5.74) is 1.33. The van der Waals surface area contributed by atoms with Crippen LogP contribution in [0.15, 0.2) is 57.4 Å². The van der Waals surface area contributed by atoms with Gasteiger partial charge in [0.25, 0.3) is 5.56 Å². The first kappa shape index (κ1) is 21.5. The van der Waals surface area contributed by atoms with Gasteiger partial charge in [0.15, 0.2) is 6.61 Å². The molecule has 0 saturated carbocycles. The van der Waals surface area contributed by atoms with Crippen LogP contribution in [0.3, 0.4) is 0 Å². The Hall–Kier alpha value is -3.72. The lowest BCUT2D eigenvalue weighted by Gasteiger charge is -2.10. The fraction of sp³-hybridized carbons (Fsp3) is 0.217. The third-order valence-electron chi connectivity index (χ3n) is 5.32. The number of aromatic nitrogens is 3. The van der Waals surface area contributed by atoms with E-state index in [4.69, 9.17) is 4.74 Å². The number of aromatic amines is 1. The van der Waals surface area contributed by atoms with E-state index >= 15 is 0 Å². The highest BCUT2D eigenvalue weighted by atomic mass is 32.1. The Balaban J connectivity index is 1.46. The number of thiophene rings is 1. The van der Waals surface area contributed by atoms with Gasteiger partial charge in [-0.15, -0.1) is 11.3 Å². The third-order valence-corrected chi connectivity index (χ3v) is 6.19. The van der Waals surface area contributed by atoms with E-state index in [2.05, 4.69) is 4.98 Å². The van der Waals surface area contributed by atoms with Gasteiger partial charge >= 0.3 is 11.7 Å². The van der Waals surface area contributed by atoms with Gasteiger partial charge in [0, 0.05) is 21.8 Å². The van der Waals surface area contributed by atoms with Crippen LogP contribution in [0.25, 0.3) is 10.9 Å². The Kier molecular flexibility index (Phi) is 5.91. The molecule has 1 N–H and O–H groups in total. The van der Waals surface area contributed by atoms with Crippen LogP contribution in [0.1, 0.15) is 26.6 Å². The molecule has 164 valence electrons. The van der Waals surface area contributed by atoms with Crippen molar-refractivity contribution in [1.82, 2.24) is 14.1 Å². The van der Waals surface area contributed by atoms with E-state index in [1.807, 2.05) is 35.9 Å². The third kappa shape index (κ3) is 4.19. The number of hydrogen-bond donors (Lipinski definition) is 1. The normalized spacial score (nSPS) is 11.1. The van der Waals surface area contributed by atoms with E-state index in [0.29, 0.717) is 17.6 Å². The highest BCUT2D eigenvalue weighted by Crippen LogP contribution is 2.20. The van der Waals surface area contributed by atoms with Gasteiger partial charge in [-0.05, 0) is 43.5 Å². The lowest BCUT2D eigenvalue weighted by molar-refractivity contribution is -0.143. The summed E-state index contributed by atoms with van der Waals surface area (Å²) in [4.78, 5) is 52.6. The van der Waals surface area contributed by atoms with Crippen molar-refractivity contribution in [2.75, 3.05) is 6.61 Å². The average molecular weight is 452 g/mol. The molecule has 0 aliphatic heterocycles. The lowest BCUT2D eigenvalue weighted by Crippen LogP contribution is -2.33. The van der Waals surface area contributed by atoms with E-state index in [-0.39, 0.29) is 11.2 Å². The van der Waals surface area contributed by atoms with Crippen LogP contribution in [-0.4, -0.2) is 32.5 Å². The van der Waals surface area contributed by atoms with E-state index in [0.717, 1.165) is 16.0 Å². The van der Waals surface area contributed by atoms with E-state index in [1.54, 1.807) is 41.7 Å². The number of esters is 1. The maximum absolute atomic E-state index is 12.7. The average Bonchev–Trinajstić information content (AvgIpc) is 3.39. The number of benzene rings is 1. The van der Waals surface area contributed by atoms with Crippen LogP contribution in [0.5, 0.6) is 0 Å². The van der Waals surface area contributed by atoms with Crippen molar-refractivity contribution in [3.05, 3.63) is 90.5 Å². The molecule has 0 spiro atoms. The van der Waals surface area contributed by atoms with Gasteiger partial charge in [0.05, 0.1) is 17.4 Å². The summed E-state index contributed by atoms with van der Waals surface area (Å²) >= 11 is 1.65. The summed E-state index contributed by atoms with van der Waals surface area (Å²) in [6.45, 7) is 3.61. The SMILES string of the molecule is Cc1cc(C(=O)COC(=O)Cn2c(=O)[nH]c(=O)c3ccccc32)c(C)n1Cc1cccs1. The number of H-pyrrole nitrogens is 1. The summed E-state index contributed by atoms with van der Waals surface area (Å²) in [6.07, 6.45) is 0. The predicted octanol–water partition coefficient (Wildman–Crippen LogP) is 2.64. The number of carbonyl (C=O) groups is 2. The van der Waals surface area contributed by atoms with Crippen LogP contribution in [0.2, 0.25) is 0 Å². The van der Waals surface area contributed by atoms with Crippen molar-refractivity contribution < 1.29 is 14.3 Å². The molecule has 0 unspecified atom stereocenters. The molecule has 8 nitrogen and oxygen atoms in total. The fourth-order valence-corrected chi connectivity index (χ4v) is 4.38. The molecule has 0 radical (unpaired) electrons. The Morgan fingerprint density at radius 1 is 1.06 bits per heavy atom. The fourth-order valence-electron chi connectivity index (χ4n) is 3.68. The van der Waals surface area contributed by atoms with E-state index in [9.17, 15) is 19.2 Å². The molecule has 0 aliphatic carbocycles. The molecule has 0 bridgehead atoms. The highest BCUT2D eigenvalue weighted by molar-refractivity contribution is 7.09. The van der Waals surface area contributed by atoms with Gasteiger partial charge in [-0.2, -0.15) is 0 Å². The summed E-state index contributed by atoms with van der Waals surface area (Å²) < 4.78 is 8.33. The number of aryl methyl sites for hydroxylation is 1. The van der Waals surface area contributed by atoms with Crippen LogP contribution in [0, 0.1) is 13.8 Å². The second-order valence-corrected chi connectivity index (χ2v) is 8.43. The number of rotatable bonds is 7. The van der Waals surface area contributed by atoms with Crippen LogP contribution in [0.4, 0.5) is 0 Å². The van der Waals surface area contributed by atoms with Crippen LogP contribution >= 0.6 is 11.3 Å². The van der Waals surface area contributed by atoms with Gasteiger partial charge in [0.1, 0.15) is 6.54 Å². The first-order valence-corrected chi connectivity index (χ1v) is 10.8. The maximum atomic E-state index is 12.7. The number of nitrogens with zero attached hydrogens (tertiary/aromatic N) is 2. The number of ketones is 1. The number of hydrogen-bond acceptors (Lipinski definition) is 6. The summed E-state index contributed by atoms with van der Waals surface area (Å²) in [6, 6.07) is 12.3. The number of para-hydroxylation sites is 1. The Bertz CT molecular complexity index is 1430. The maximum Gasteiger partial charge on any atom is 0.329 e. The van der Waals surface area contributed by atoms with Crippen molar-refractivity contribution in [3.8, 4) is 0 Å². The molecule has 9 heteroatoms. The monoisotopic (exact) mass is 451 g/mol. The molecule has 0 atom stereocenters. The molecule has 0 aliphatic rings. The number of ether oxygens (including phenoxy) is 1. The summed E-state index contributed by atoms with van der Waals surface area (Å²) in [5.74, 6) is -1.06. The number of carbonyl (C=O) groups excluding carboxylic acids is 2. The smallest absolute Gasteiger partial charge is 0.329 e. The number of nitrogens with one attached hydrogen (secondary N) is 1. The molecule has 32 heavy (non-hydrogen) atoms. The first-order chi connectivity index (χ1) is 15.3. The van der Waals surface area contributed by atoms with Crippen LogP contribution in [-0.2, 0) is 22.6 Å². The largest absolute Gasteiger partial charge is 0.456 e. The molecule has 4 aromatic rings. The predicted molar refractivity (Wildman–Crippen MR) is 121 cm³/mol. The molecule has 3 aromatic heterocycles. The summed E-state index contributed by atoms with van der Waals surface area (Å²) in [7, 11) is 0. The van der Waals surface area contributed by atoms with Gasteiger partial charge in [-0.3, -0.25) is 23.9 Å². The minimum Gasteiger partial charge on any atom is -0.456 e. The first-order valence-electron chi connectivity index (χ1n) is 9.95. The summed E-state index contributed by atoms with van der Waals surface area (Å²) in [5, 5.41) is 2.29. The zero-order valence-corrected chi connectivity index (χ0v) is 18.4. The standard InChI is InChI=1S/C23H21N3O5S/c1-14-10-18(15(2)25(14)11-16-6-5-9-32-16)20(27)13-31-21(28)12-26-19-8-4-3-7-17(19)22(29)24-23(26)30/h3-10H,11-13H2,1-2H3,(H,24,29,30). The quantitative estimate of drug-likeness (QED) is 0.344. The number of Topliss-reactive ketones (excluding diaryl/α,β-unsaturated/α-hetero) is 1. The Morgan fingerprint density at radius 3 is 2.59 bits per heavy atom. The molecule has 0 saturated heterocycles. The van der Waals surface area contributed by atoms with Gasteiger partial charge < -0.3 is 9.30 Å². The molecule has 1 aromatic carbocycles. The highest BCUT2D eigenvalue weighted by Gasteiger charge is 2.18. The van der Waals surface area contributed by atoms with E-state index in [1.165, 1.54) is 4.88 Å². The minimum atomic E-state index is -0.745. The Morgan fingerprint density at radius 2 is 1.84 bits per heavy atom. The topological polar surface area (TPSA) is 103 Å². The van der Waals surface area contributed by atoms with Gasteiger partial charge in [-0.1, -0.05) is 18.2 Å². The molecule has 0 fully saturated rings. The van der Waals surface area contributed by atoms with Crippen molar-refractivity contribution in [3.63, 3.8) is 0 Å². The van der Waals surface area contributed by atoms with Crippen molar-refractivity contribution >= 4 is 34.0 Å². The second kappa shape index (κ2) is 8.80. The number of fused-ring (bicyclic) bond motifs is 1. The van der Waals surface area contributed by atoms with E-state index < -0.39 is 30.4 Å². The van der Waals surface area contributed by atoms with Crippen molar-refractivity contribution in [2.24, 2.45) is 0 Å². The zero-order chi connectivity index (χ0) is 22.8. The minimum absolute atomic E-state index is 0.286. The molecule has 3 heterocycles. The molecule has 0 amide bonds. The molecule has 4 rings (SSSR count). The second-order valence-electron chi connectivity index (χ2n) is 7.40. The van der Waals surface area contributed by atoms with Gasteiger partial charge in [0.2, 0.25) is 5.78 Å². The lowest BCUT2D eigenvalue weighted by atomic mass is 10.1.